The SMILES string of the molecule is COc1ccc(C[C@H]2NC(=O)/C=C/C[C@@H]([C@H](C)[C@H]3O[C@@H]3c3ccc(CCl)cc3)OC(=O)[C@H](CC(C)C)OC(=O)[C@H](C)CNC2=O)cc1Cl.COc1ccc(C[C@H]2NC(=O)/C=C/C[C@@H]([C@H](C)[C@H]3O[C@@H]3c3ccc(CN4CCN(C(=O)CCC(C)(C)SSC)CC4)cc3)OC(=O)[C@H](CC(C)C)OC(=O)C(C)(C)CNC2=O)cc1Cl. The van der Waals surface area contributed by atoms with Crippen molar-refractivity contribution in [1.82, 2.24) is 31.1 Å². The van der Waals surface area contributed by atoms with Crippen LogP contribution in [-0.4, -0.2) is 176 Å². The van der Waals surface area contributed by atoms with Gasteiger partial charge in [-0.1, -0.05) is 166 Å². The van der Waals surface area contributed by atoms with Crippen molar-refractivity contribution in [3.63, 3.8) is 0 Å². The van der Waals surface area contributed by atoms with Gasteiger partial charge in [0.05, 0.1) is 47.8 Å². The molecule has 0 radical (unpaired) electrons. The molecule has 4 aromatic rings. The Morgan fingerprint density at radius 1 is 0.616 bits per heavy atom. The molecule has 612 valence electrons. The summed E-state index contributed by atoms with van der Waals surface area (Å²) >= 11 is 18.6. The van der Waals surface area contributed by atoms with Gasteiger partial charge in [0, 0.05) is 100 Å². The quantitative estimate of drug-likeness (QED) is 0.0167. The van der Waals surface area contributed by atoms with Crippen LogP contribution < -0.4 is 30.7 Å². The third-order valence-electron chi connectivity index (χ3n) is 20.4. The highest BCUT2D eigenvalue weighted by molar-refractivity contribution is 8.76. The van der Waals surface area contributed by atoms with Crippen molar-refractivity contribution >= 4 is 110 Å². The number of hydrogen-bond acceptors (Lipinski definition) is 20. The van der Waals surface area contributed by atoms with Crippen molar-refractivity contribution in [1.29, 1.82) is 0 Å². The van der Waals surface area contributed by atoms with Gasteiger partial charge in [-0.3, -0.25) is 38.5 Å². The van der Waals surface area contributed by atoms with Gasteiger partial charge in [0.25, 0.3) is 0 Å². The summed E-state index contributed by atoms with van der Waals surface area (Å²) in [5.41, 5.74) is 4.31. The number of carbonyl (C=O) groups excluding carboxylic acids is 9. The molecular formula is C84H111Cl3N6O17S2. The summed E-state index contributed by atoms with van der Waals surface area (Å²) < 4.78 is 46.6. The van der Waals surface area contributed by atoms with Gasteiger partial charge < -0.3 is 64.1 Å². The highest BCUT2D eigenvalue weighted by Gasteiger charge is 2.50. The van der Waals surface area contributed by atoms with Crippen LogP contribution in [-0.2, 0) is 96.8 Å². The van der Waals surface area contributed by atoms with E-state index in [4.69, 9.17) is 72.7 Å². The van der Waals surface area contributed by atoms with Gasteiger partial charge in [-0.25, -0.2) is 9.59 Å². The summed E-state index contributed by atoms with van der Waals surface area (Å²) in [5.74, 6) is -4.43. The smallest absolute Gasteiger partial charge is 0.347 e. The molecule has 4 aromatic carbocycles. The second-order valence-electron chi connectivity index (χ2n) is 31.6. The molecule has 0 saturated carbocycles. The van der Waals surface area contributed by atoms with E-state index in [1.54, 1.807) is 80.1 Å². The zero-order valence-corrected chi connectivity index (χ0v) is 70.6. The molecule has 0 bridgehead atoms. The number of nitrogens with zero attached hydrogens (tertiary/aromatic N) is 2. The fourth-order valence-corrected chi connectivity index (χ4v) is 16.4. The lowest BCUT2D eigenvalue weighted by Gasteiger charge is -2.35. The zero-order valence-electron chi connectivity index (χ0n) is 66.7. The summed E-state index contributed by atoms with van der Waals surface area (Å²) in [6, 6.07) is 24.5. The summed E-state index contributed by atoms with van der Waals surface area (Å²) in [7, 11) is 6.57. The lowest BCUT2D eigenvalue weighted by Crippen LogP contribution is -2.51. The molecule has 5 heterocycles. The number of ether oxygens (including phenoxy) is 8. The van der Waals surface area contributed by atoms with Crippen molar-refractivity contribution in [2.24, 2.45) is 35.0 Å². The van der Waals surface area contributed by atoms with E-state index in [1.165, 1.54) is 31.9 Å². The molecule has 0 unspecified atom stereocenters. The lowest BCUT2D eigenvalue weighted by molar-refractivity contribution is -0.179. The van der Waals surface area contributed by atoms with Crippen LogP contribution in [0.1, 0.15) is 160 Å². The van der Waals surface area contributed by atoms with E-state index in [0.29, 0.717) is 45.0 Å². The Balaban J connectivity index is 0.000000293. The number of piperazine rings is 1. The van der Waals surface area contributed by atoms with Crippen molar-refractivity contribution < 1.29 is 81.0 Å². The molecule has 9 rings (SSSR count). The Bertz CT molecular complexity index is 3950. The average Bonchev–Trinajstić information content (AvgIpc) is 1.63. The van der Waals surface area contributed by atoms with Crippen molar-refractivity contribution in [3.05, 3.63) is 153 Å². The highest BCUT2D eigenvalue weighted by atomic mass is 35.5. The van der Waals surface area contributed by atoms with E-state index in [-0.39, 0.29) is 110 Å². The third-order valence-corrected chi connectivity index (χ3v) is 24.0. The number of esters is 4. The largest absolute Gasteiger partial charge is 0.495 e. The van der Waals surface area contributed by atoms with Gasteiger partial charge in [-0.2, -0.15) is 0 Å². The average molecular weight is 1650 g/mol. The molecule has 4 N–H and O–H groups in total. The number of hydrogen-bond donors (Lipinski definition) is 4. The molecule has 0 aliphatic carbocycles. The number of rotatable bonds is 24. The number of halogens is 3. The maximum absolute atomic E-state index is 13.9. The van der Waals surface area contributed by atoms with Crippen molar-refractivity contribution in [2.45, 2.75) is 206 Å². The molecule has 5 amide bonds. The van der Waals surface area contributed by atoms with Crippen LogP contribution in [0.4, 0.5) is 0 Å². The van der Waals surface area contributed by atoms with Crippen molar-refractivity contribution in [3.8, 4) is 11.5 Å². The van der Waals surface area contributed by atoms with Gasteiger partial charge in [0.1, 0.15) is 48.0 Å². The second-order valence-corrected chi connectivity index (χ2v) is 35.8. The van der Waals surface area contributed by atoms with E-state index in [0.717, 1.165) is 55.8 Å². The van der Waals surface area contributed by atoms with E-state index >= 15 is 0 Å². The minimum absolute atomic E-state index is 0.00463. The first-order chi connectivity index (χ1) is 53.2. The monoisotopic (exact) mass is 1640 g/mol. The molecule has 28 heteroatoms. The van der Waals surface area contributed by atoms with Crippen molar-refractivity contribution in [2.75, 3.05) is 59.7 Å². The first kappa shape index (κ1) is 90.2. The summed E-state index contributed by atoms with van der Waals surface area (Å²) in [4.78, 5) is 125. The van der Waals surface area contributed by atoms with Gasteiger partial charge in [0.2, 0.25) is 29.5 Å². The maximum atomic E-state index is 13.9. The first-order valence-electron chi connectivity index (χ1n) is 38.4. The molecule has 3 saturated heterocycles. The number of nitrogens with one attached hydrogen (secondary N) is 4. The number of alkyl halides is 1. The Hall–Kier alpha value is -7.36. The van der Waals surface area contributed by atoms with E-state index in [2.05, 4.69) is 70.5 Å². The minimum Gasteiger partial charge on any atom is -0.495 e. The predicted octanol–water partition coefficient (Wildman–Crippen LogP) is 12.8. The molecular weight excluding hydrogens is 1540 g/mol. The maximum Gasteiger partial charge on any atom is 0.347 e. The van der Waals surface area contributed by atoms with Gasteiger partial charge in [0.15, 0.2) is 12.2 Å². The van der Waals surface area contributed by atoms with E-state index < -0.39 is 95.3 Å². The fourth-order valence-electron chi connectivity index (χ4n) is 13.4. The van der Waals surface area contributed by atoms with Crippen LogP contribution in [0.5, 0.6) is 11.5 Å². The molecule has 0 spiro atoms. The highest BCUT2D eigenvalue weighted by Crippen LogP contribution is 2.47. The Morgan fingerprint density at radius 3 is 1.52 bits per heavy atom. The Morgan fingerprint density at radius 2 is 1.07 bits per heavy atom. The normalized spacial score (nSPS) is 25.7. The van der Waals surface area contributed by atoms with Crippen LogP contribution in [0, 0.1) is 35.0 Å². The lowest BCUT2D eigenvalue weighted by atomic mass is 9.92. The molecule has 5 aliphatic rings. The summed E-state index contributed by atoms with van der Waals surface area (Å²) in [5, 5.41) is 11.8. The zero-order chi connectivity index (χ0) is 81.7. The van der Waals surface area contributed by atoms with Crippen LogP contribution in [0.2, 0.25) is 10.0 Å². The topological polar surface area (TPSA) is 289 Å². The molecule has 112 heavy (non-hydrogen) atoms. The molecule has 3 fully saturated rings. The van der Waals surface area contributed by atoms with Crippen LogP contribution in [0.25, 0.3) is 0 Å². The predicted molar refractivity (Wildman–Crippen MR) is 434 cm³/mol. The first-order valence-corrected chi connectivity index (χ1v) is 42.3. The standard InChI is InChI=1S/C48H67ClN4O9S2.C36H44Cl2N2O8/c1-30(2)25-39-45(57)60-37(11-10-12-40(54)51-36(27-33-15-18-38(59-8)35(49)26-33)44(56)50-29-47(4,5)46(58)61-39)31(3)42-43(62-42)34-16-13-32(14-17-34)28-52-21-23-53(24-22-52)41(55)19-20-48(6,7)64-63-9;1-20(2)15-30-36(44)46-28(22(4)32-33(48-32)25-12-9-23(18-37)10-13-25)7-6-8-31(41)40-27(34(42)39-19-21(3)35(43)47-30)17-24-11-14-29(45-5)26(38)16-24/h10,12-18,26,30-31,36-37,39,42-43H,11,19-25,27-29H2,1-9H3,(H,50,56)(H,51,54);6,8-14,16,20-22,27-28,30,32-33H,7,15,17-19H2,1-5H3,(H,39,42)(H,40,41)/b12-10+;8-6+/t31-,36+,37-,39-,42+,43+;21-,22+,27-,28+,30+,32-,33-/m01/s1. The summed E-state index contributed by atoms with van der Waals surface area (Å²) in [6.07, 6.45) is 5.79. The summed E-state index contributed by atoms with van der Waals surface area (Å²) in [6.45, 7) is 24.5. The number of cyclic esters (lactones) is 4. The third kappa shape index (κ3) is 27.1. The number of carbonyl (C=O) groups is 9. The van der Waals surface area contributed by atoms with Crippen LogP contribution in [0.3, 0.4) is 0 Å². The minimum atomic E-state index is -1.23. The Kier molecular flexibility index (Phi) is 34.1. The Labute approximate surface area is 682 Å². The number of benzene rings is 4. The molecule has 0 aromatic heterocycles. The number of methoxy groups -OCH3 is 2. The van der Waals surface area contributed by atoms with E-state index in [1.807, 2.05) is 81.5 Å². The van der Waals surface area contributed by atoms with E-state index in [9.17, 15) is 43.2 Å². The van der Waals surface area contributed by atoms with Gasteiger partial charge in [-0.05, 0) is 135 Å². The van der Waals surface area contributed by atoms with Gasteiger partial charge in [-0.15, -0.1) is 11.6 Å². The second kappa shape index (κ2) is 42.3. The molecule has 23 nitrogen and oxygen atoms in total. The molecule has 5 aliphatic heterocycles. The number of epoxide rings is 2. The molecule has 13 atom stereocenters. The number of amides is 5. The van der Waals surface area contributed by atoms with Crippen LogP contribution >= 0.6 is 56.4 Å². The fraction of sp³-hybridized carbons (Fsp3) is 0.560. The van der Waals surface area contributed by atoms with Gasteiger partial charge >= 0.3 is 23.9 Å². The van der Waals surface area contributed by atoms with Crippen LogP contribution in [0.15, 0.2) is 109 Å².